The summed E-state index contributed by atoms with van der Waals surface area (Å²) in [6, 6.07) is 13.0. The van der Waals surface area contributed by atoms with E-state index in [0.717, 1.165) is 11.8 Å². The molecule has 2 aromatic carbocycles. The molecule has 192 valence electrons. The first kappa shape index (κ1) is 28.9. The number of anilines is 1. The van der Waals surface area contributed by atoms with E-state index in [-0.39, 0.29) is 43.7 Å². The molecule has 0 radical (unpaired) electrons. The van der Waals surface area contributed by atoms with Crippen molar-refractivity contribution in [3.05, 3.63) is 64.1 Å². The van der Waals surface area contributed by atoms with Gasteiger partial charge in [0.25, 0.3) is 0 Å². The van der Waals surface area contributed by atoms with Crippen LogP contribution < -0.4 is 9.62 Å². The largest absolute Gasteiger partial charge is 0.354 e. The molecule has 0 bridgehead atoms. The molecular weight excluding hydrogens is 509 g/mol. The van der Waals surface area contributed by atoms with Gasteiger partial charge in [-0.2, -0.15) is 0 Å². The Balaban J connectivity index is 2.16. The zero-order valence-corrected chi connectivity index (χ0v) is 22.8. The van der Waals surface area contributed by atoms with Crippen LogP contribution in [0.4, 0.5) is 5.69 Å². The standard InChI is InChI=1S/C25H33Cl2N3O4S/c1-18(2)16-28-25(32)19(3)29(17-20-8-5-9-21(26)14-20)24(31)12-7-13-30(35(4,33)34)23-11-6-10-22(27)15-23/h5-6,8-11,14-15,18-19H,7,12-13,16-17H2,1-4H3,(H,28,32)/t19-/m1/s1. The van der Waals surface area contributed by atoms with Gasteiger partial charge in [-0.05, 0) is 55.2 Å². The van der Waals surface area contributed by atoms with Crippen LogP contribution >= 0.6 is 23.2 Å². The fourth-order valence-electron chi connectivity index (χ4n) is 3.50. The number of carbonyl (C=O) groups excluding carboxylic acids is 2. The van der Waals surface area contributed by atoms with E-state index in [1.165, 1.54) is 9.21 Å². The van der Waals surface area contributed by atoms with Crippen LogP contribution in [0.15, 0.2) is 48.5 Å². The molecule has 1 atom stereocenters. The number of halogens is 2. The van der Waals surface area contributed by atoms with E-state index >= 15 is 0 Å². The van der Waals surface area contributed by atoms with Gasteiger partial charge in [-0.3, -0.25) is 13.9 Å². The van der Waals surface area contributed by atoms with E-state index in [4.69, 9.17) is 23.2 Å². The van der Waals surface area contributed by atoms with Crippen molar-refractivity contribution in [2.24, 2.45) is 5.92 Å². The van der Waals surface area contributed by atoms with Gasteiger partial charge in [-0.1, -0.05) is 55.2 Å². The summed E-state index contributed by atoms with van der Waals surface area (Å²) in [7, 11) is -3.58. The average molecular weight is 543 g/mol. The van der Waals surface area contributed by atoms with Crippen LogP contribution in [0, 0.1) is 5.92 Å². The van der Waals surface area contributed by atoms with Crippen LogP contribution in [0.1, 0.15) is 39.2 Å². The second-order valence-electron chi connectivity index (χ2n) is 8.89. The molecule has 0 spiro atoms. The predicted octanol–water partition coefficient (Wildman–Crippen LogP) is 4.73. The van der Waals surface area contributed by atoms with Gasteiger partial charge in [-0.25, -0.2) is 8.42 Å². The zero-order valence-electron chi connectivity index (χ0n) is 20.5. The summed E-state index contributed by atoms with van der Waals surface area (Å²) in [5.74, 6) is -0.223. The molecule has 0 heterocycles. The third-order valence-corrected chi connectivity index (χ3v) is 7.01. The molecule has 0 aliphatic heterocycles. The average Bonchev–Trinajstić information content (AvgIpc) is 2.77. The SMILES string of the molecule is CC(C)CNC(=O)[C@@H](C)N(Cc1cccc(Cl)c1)C(=O)CCCN(c1cccc(Cl)c1)S(C)(=O)=O. The minimum absolute atomic E-state index is 0.0644. The Morgan fingerprint density at radius 1 is 1.00 bits per heavy atom. The minimum atomic E-state index is -3.58. The molecule has 0 aliphatic rings. The summed E-state index contributed by atoms with van der Waals surface area (Å²) in [4.78, 5) is 27.5. The second-order valence-corrected chi connectivity index (χ2v) is 11.7. The van der Waals surface area contributed by atoms with Crippen molar-refractivity contribution in [2.75, 3.05) is 23.7 Å². The van der Waals surface area contributed by atoms with E-state index < -0.39 is 16.1 Å². The third-order valence-electron chi connectivity index (χ3n) is 5.34. The van der Waals surface area contributed by atoms with Crippen LogP contribution in [0.25, 0.3) is 0 Å². The molecule has 0 aliphatic carbocycles. The Morgan fingerprint density at radius 3 is 2.20 bits per heavy atom. The first-order valence-electron chi connectivity index (χ1n) is 11.4. The molecule has 0 saturated heterocycles. The van der Waals surface area contributed by atoms with Crippen molar-refractivity contribution in [1.82, 2.24) is 10.2 Å². The number of amides is 2. The Bertz CT molecular complexity index is 1130. The maximum Gasteiger partial charge on any atom is 0.242 e. The maximum absolute atomic E-state index is 13.3. The number of sulfonamides is 1. The monoisotopic (exact) mass is 541 g/mol. The van der Waals surface area contributed by atoms with Crippen LogP contribution in [0.3, 0.4) is 0 Å². The lowest BCUT2D eigenvalue weighted by molar-refractivity contribution is -0.140. The molecular formula is C25H33Cl2N3O4S. The first-order valence-corrected chi connectivity index (χ1v) is 14.0. The molecule has 35 heavy (non-hydrogen) atoms. The van der Waals surface area contributed by atoms with Crippen LogP contribution in [0.2, 0.25) is 10.0 Å². The number of hydrogen-bond donors (Lipinski definition) is 1. The van der Waals surface area contributed by atoms with Gasteiger partial charge < -0.3 is 10.2 Å². The highest BCUT2D eigenvalue weighted by atomic mass is 35.5. The number of nitrogens with zero attached hydrogens (tertiary/aromatic N) is 2. The second kappa shape index (κ2) is 13.1. The van der Waals surface area contributed by atoms with E-state index in [9.17, 15) is 18.0 Å². The van der Waals surface area contributed by atoms with Gasteiger partial charge in [0.1, 0.15) is 6.04 Å². The fourth-order valence-corrected chi connectivity index (χ4v) is 4.86. The summed E-state index contributed by atoms with van der Waals surface area (Å²) in [5.41, 5.74) is 1.23. The van der Waals surface area contributed by atoms with E-state index in [1.807, 2.05) is 19.9 Å². The molecule has 0 fully saturated rings. The van der Waals surface area contributed by atoms with E-state index in [1.54, 1.807) is 49.4 Å². The molecule has 10 heteroatoms. The lowest BCUT2D eigenvalue weighted by Gasteiger charge is -2.29. The molecule has 1 N–H and O–H groups in total. The van der Waals surface area contributed by atoms with Crippen LogP contribution in [-0.4, -0.2) is 50.5 Å². The number of rotatable bonds is 12. The third kappa shape index (κ3) is 9.35. The first-order chi connectivity index (χ1) is 16.4. The molecule has 0 saturated carbocycles. The lowest BCUT2D eigenvalue weighted by Crippen LogP contribution is -2.48. The molecule has 0 unspecified atom stereocenters. The van der Waals surface area contributed by atoms with Crippen molar-refractivity contribution in [1.29, 1.82) is 0 Å². The highest BCUT2D eigenvalue weighted by Gasteiger charge is 2.26. The number of carbonyl (C=O) groups is 2. The molecule has 2 aromatic rings. The van der Waals surface area contributed by atoms with Gasteiger partial charge in [0.15, 0.2) is 0 Å². The Labute approximate surface area is 218 Å². The molecule has 0 aromatic heterocycles. The zero-order chi connectivity index (χ0) is 26.2. The van der Waals surface area contributed by atoms with Gasteiger partial charge in [0.2, 0.25) is 21.8 Å². The van der Waals surface area contributed by atoms with Crippen LogP contribution in [-0.2, 0) is 26.2 Å². The Kier molecular flexibility index (Phi) is 10.9. The van der Waals surface area contributed by atoms with Crippen molar-refractivity contribution >= 4 is 50.7 Å². The van der Waals surface area contributed by atoms with Gasteiger partial charge in [0, 0.05) is 36.1 Å². The Morgan fingerprint density at radius 2 is 1.63 bits per heavy atom. The summed E-state index contributed by atoms with van der Waals surface area (Å²) in [5, 5.41) is 3.83. The number of nitrogens with one attached hydrogen (secondary N) is 1. The van der Waals surface area contributed by atoms with Gasteiger partial charge in [-0.15, -0.1) is 0 Å². The molecule has 7 nitrogen and oxygen atoms in total. The summed E-state index contributed by atoms with van der Waals surface area (Å²) >= 11 is 12.1. The lowest BCUT2D eigenvalue weighted by atomic mass is 10.1. The van der Waals surface area contributed by atoms with Crippen molar-refractivity contribution in [3.8, 4) is 0 Å². The Hall–Kier alpha value is -2.29. The summed E-state index contributed by atoms with van der Waals surface area (Å²) in [6.45, 7) is 6.49. The topological polar surface area (TPSA) is 86.8 Å². The number of benzene rings is 2. The van der Waals surface area contributed by atoms with Crippen molar-refractivity contribution < 1.29 is 18.0 Å². The van der Waals surface area contributed by atoms with Crippen molar-refractivity contribution in [2.45, 2.75) is 46.2 Å². The molecule has 2 rings (SSSR count). The number of hydrogen-bond acceptors (Lipinski definition) is 4. The van der Waals surface area contributed by atoms with Gasteiger partial charge in [0.05, 0.1) is 11.9 Å². The quantitative estimate of drug-likeness (QED) is 0.420. The van der Waals surface area contributed by atoms with Crippen molar-refractivity contribution in [3.63, 3.8) is 0 Å². The maximum atomic E-state index is 13.3. The van der Waals surface area contributed by atoms with Crippen LogP contribution in [0.5, 0.6) is 0 Å². The highest BCUT2D eigenvalue weighted by molar-refractivity contribution is 7.92. The normalized spacial score (nSPS) is 12.3. The summed E-state index contributed by atoms with van der Waals surface area (Å²) < 4.78 is 26.0. The molecule has 2 amide bonds. The van der Waals surface area contributed by atoms with E-state index in [0.29, 0.717) is 22.3 Å². The smallest absolute Gasteiger partial charge is 0.242 e. The fraction of sp³-hybridized carbons (Fsp3) is 0.440. The van der Waals surface area contributed by atoms with Gasteiger partial charge >= 0.3 is 0 Å². The minimum Gasteiger partial charge on any atom is -0.354 e. The summed E-state index contributed by atoms with van der Waals surface area (Å²) in [6.07, 6.45) is 1.45. The predicted molar refractivity (Wildman–Crippen MR) is 142 cm³/mol. The highest BCUT2D eigenvalue weighted by Crippen LogP contribution is 2.23. The van der Waals surface area contributed by atoms with E-state index in [2.05, 4.69) is 5.32 Å².